The van der Waals surface area contributed by atoms with E-state index in [1.165, 1.54) is 17.5 Å². The molecule has 1 amide bonds. The standard InChI is InChI=1S/C21H20F3N5OS/c1-28-7-9-29(10-8-28)18-6-5-16(12-25-18)26-19(30)17-13-31-20(27-17)14-3-2-4-15(11-14)21(22,23)24/h2-6,11-13H,7-10H2,1H3,(H,26,30). The quantitative estimate of drug-likeness (QED) is 0.649. The van der Waals surface area contributed by atoms with Crippen LogP contribution in [0.4, 0.5) is 24.7 Å². The van der Waals surface area contributed by atoms with Crippen molar-refractivity contribution in [3.05, 3.63) is 59.2 Å². The fraction of sp³-hybridized carbons (Fsp3) is 0.286. The highest BCUT2D eigenvalue weighted by Gasteiger charge is 2.30. The van der Waals surface area contributed by atoms with Crippen molar-refractivity contribution < 1.29 is 18.0 Å². The maximum Gasteiger partial charge on any atom is 0.416 e. The zero-order valence-corrected chi connectivity index (χ0v) is 17.5. The highest BCUT2D eigenvalue weighted by Crippen LogP contribution is 2.33. The molecule has 3 heterocycles. The van der Waals surface area contributed by atoms with Crippen molar-refractivity contribution in [2.24, 2.45) is 0 Å². The molecule has 1 N–H and O–H groups in total. The number of pyridine rings is 1. The molecule has 2 aromatic heterocycles. The molecule has 3 aromatic rings. The van der Waals surface area contributed by atoms with Crippen molar-refractivity contribution >= 4 is 28.7 Å². The number of halogens is 3. The Bertz CT molecular complexity index is 1060. The van der Waals surface area contributed by atoms with Gasteiger partial charge in [0, 0.05) is 37.1 Å². The lowest BCUT2D eigenvalue weighted by Gasteiger charge is -2.33. The van der Waals surface area contributed by atoms with Gasteiger partial charge in [-0.2, -0.15) is 13.2 Å². The van der Waals surface area contributed by atoms with E-state index in [9.17, 15) is 18.0 Å². The number of carbonyl (C=O) groups is 1. The average molecular weight is 447 g/mol. The Morgan fingerprint density at radius 3 is 2.58 bits per heavy atom. The molecule has 0 radical (unpaired) electrons. The van der Waals surface area contributed by atoms with Crippen molar-refractivity contribution in [2.45, 2.75) is 6.18 Å². The molecule has 1 aromatic carbocycles. The van der Waals surface area contributed by atoms with E-state index in [0.29, 0.717) is 16.3 Å². The summed E-state index contributed by atoms with van der Waals surface area (Å²) in [5.74, 6) is 0.412. The summed E-state index contributed by atoms with van der Waals surface area (Å²) in [4.78, 5) is 25.6. The lowest BCUT2D eigenvalue weighted by Crippen LogP contribution is -2.44. The Labute approximate surface area is 181 Å². The molecule has 0 saturated carbocycles. The van der Waals surface area contributed by atoms with Crippen LogP contribution in [-0.4, -0.2) is 54.0 Å². The van der Waals surface area contributed by atoms with Crippen LogP contribution in [0.1, 0.15) is 16.1 Å². The fourth-order valence-electron chi connectivity index (χ4n) is 3.22. The molecule has 1 aliphatic rings. The minimum atomic E-state index is -4.43. The number of rotatable bonds is 4. The number of likely N-dealkylation sites (N-methyl/N-ethyl adjacent to an activating group) is 1. The minimum absolute atomic E-state index is 0.139. The van der Waals surface area contributed by atoms with Gasteiger partial charge in [0.25, 0.3) is 5.91 Å². The normalized spacial score (nSPS) is 15.2. The third kappa shape index (κ3) is 5.02. The summed E-state index contributed by atoms with van der Waals surface area (Å²) in [7, 11) is 2.08. The van der Waals surface area contributed by atoms with E-state index >= 15 is 0 Å². The van der Waals surface area contributed by atoms with Crippen molar-refractivity contribution in [3.8, 4) is 10.6 Å². The van der Waals surface area contributed by atoms with Gasteiger partial charge in [-0.15, -0.1) is 11.3 Å². The van der Waals surface area contributed by atoms with Crippen LogP contribution in [0, 0.1) is 0 Å². The smallest absolute Gasteiger partial charge is 0.354 e. The largest absolute Gasteiger partial charge is 0.416 e. The van der Waals surface area contributed by atoms with Crippen LogP contribution in [0.5, 0.6) is 0 Å². The third-order valence-corrected chi connectivity index (χ3v) is 5.90. The summed E-state index contributed by atoms with van der Waals surface area (Å²) in [5, 5.41) is 4.60. The first-order chi connectivity index (χ1) is 14.8. The van der Waals surface area contributed by atoms with Gasteiger partial charge >= 0.3 is 6.18 Å². The van der Waals surface area contributed by atoms with Gasteiger partial charge in [-0.1, -0.05) is 12.1 Å². The lowest BCUT2D eigenvalue weighted by atomic mass is 10.1. The van der Waals surface area contributed by atoms with Crippen molar-refractivity contribution in [1.29, 1.82) is 0 Å². The van der Waals surface area contributed by atoms with E-state index in [0.717, 1.165) is 55.5 Å². The first-order valence-corrected chi connectivity index (χ1v) is 10.5. The SMILES string of the molecule is CN1CCN(c2ccc(NC(=O)c3csc(-c4cccc(C(F)(F)F)c4)n3)cn2)CC1. The van der Waals surface area contributed by atoms with Crippen LogP contribution in [0.2, 0.25) is 0 Å². The summed E-state index contributed by atoms with van der Waals surface area (Å²) in [5.41, 5.74) is 0.229. The second-order valence-electron chi connectivity index (χ2n) is 7.27. The third-order valence-electron chi connectivity index (χ3n) is 5.01. The topological polar surface area (TPSA) is 61.4 Å². The predicted molar refractivity (Wildman–Crippen MR) is 114 cm³/mol. The summed E-state index contributed by atoms with van der Waals surface area (Å²) in [6, 6.07) is 8.53. The van der Waals surface area contributed by atoms with Gasteiger partial charge in [0.2, 0.25) is 0 Å². The fourth-order valence-corrected chi connectivity index (χ4v) is 4.01. The minimum Gasteiger partial charge on any atom is -0.354 e. The Kier molecular flexibility index (Phi) is 5.92. The van der Waals surface area contributed by atoms with Crippen molar-refractivity contribution in [1.82, 2.24) is 14.9 Å². The molecule has 0 unspecified atom stereocenters. The molecule has 1 aliphatic heterocycles. The van der Waals surface area contributed by atoms with E-state index < -0.39 is 17.6 Å². The lowest BCUT2D eigenvalue weighted by molar-refractivity contribution is -0.137. The predicted octanol–water partition coefficient (Wildman–Crippen LogP) is 4.23. The molecule has 0 aliphatic carbocycles. The maximum absolute atomic E-state index is 12.9. The molecule has 0 bridgehead atoms. The summed E-state index contributed by atoms with van der Waals surface area (Å²) < 4.78 is 38.8. The van der Waals surface area contributed by atoms with Crippen molar-refractivity contribution in [3.63, 3.8) is 0 Å². The van der Waals surface area contributed by atoms with Crippen LogP contribution in [0.3, 0.4) is 0 Å². The van der Waals surface area contributed by atoms with Gasteiger partial charge in [0.05, 0.1) is 17.4 Å². The number of anilines is 2. The molecule has 4 rings (SSSR count). The number of piperazine rings is 1. The first kappa shape index (κ1) is 21.3. The molecule has 6 nitrogen and oxygen atoms in total. The van der Waals surface area contributed by atoms with Crippen molar-refractivity contribution in [2.75, 3.05) is 43.4 Å². The number of benzene rings is 1. The number of nitrogens with one attached hydrogen (secondary N) is 1. The van der Waals surface area contributed by atoms with Crippen LogP contribution in [0.15, 0.2) is 48.0 Å². The Hall–Kier alpha value is -2.98. The first-order valence-electron chi connectivity index (χ1n) is 9.64. The molecule has 162 valence electrons. The van der Waals surface area contributed by atoms with Crippen LogP contribution in [0.25, 0.3) is 10.6 Å². The van der Waals surface area contributed by atoms with E-state index in [1.807, 2.05) is 6.07 Å². The van der Waals surface area contributed by atoms with E-state index in [4.69, 9.17) is 0 Å². The van der Waals surface area contributed by atoms with Gasteiger partial charge < -0.3 is 15.1 Å². The van der Waals surface area contributed by atoms with Crippen LogP contribution >= 0.6 is 11.3 Å². The number of alkyl halides is 3. The Morgan fingerprint density at radius 1 is 1.13 bits per heavy atom. The molecule has 1 saturated heterocycles. The summed E-state index contributed by atoms with van der Waals surface area (Å²) in [6.07, 6.45) is -2.84. The molecule has 31 heavy (non-hydrogen) atoms. The number of thiazole rings is 1. The van der Waals surface area contributed by atoms with Gasteiger partial charge in [-0.3, -0.25) is 4.79 Å². The van der Waals surface area contributed by atoms with Gasteiger partial charge in [0.1, 0.15) is 16.5 Å². The summed E-state index contributed by atoms with van der Waals surface area (Å²) in [6.45, 7) is 3.73. The Balaban J connectivity index is 1.42. The number of amides is 1. The molecular weight excluding hydrogens is 427 g/mol. The molecule has 10 heteroatoms. The second kappa shape index (κ2) is 8.64. The molecule has 0 atom stereocenters. The highest BCUT2D eigenvalue weighted by atomic mass is 32.1. The molecule has 1 fully saturated rings. The molecular formula is C21H20F3N5OS. The van der Waals surface area contributed by atoms with Gasteiger partial charge in [-0.25, -0.2) is 9.97 Å². The number of carbonyl (C=O) groups excluding carboxylic acids is 1. The summed E-state index contributed by atoms with van der Waals surface area (Å²) >= 11 is 1.12. The Morgan fingerprint density at radius 2 is 1.90 bits per heavy atom. The van der Waals surface area contributed by atoms with Crippen LogP contribution < -0.4 is 10.2 Å². The van der Waals surface area contributed by atoms with Crippen LogP contribution in [-0.2, 0) is 6.18 Å². The molecule has 0 spiro atoms. The van der Waals surface area contributed by atoms with E-state index in [2.05, 4.69) is 32.1 Å². The van der Waals surface area contributed by atoms with Gasteiger partial charge in [0.15, 0.2) is 0 Å². The monoisotopic (exact) mass is 447 g/mol. The number of hydrogen-bond acceptors (Lipinski definition) is 6. The zero-order valence-electron chi connectivity index (χ0n) is 16.7. The highest BCUT2D eigenvalue weighted by molar-refractivity contribution is 7.13. The number of hydrogen-bond donors (Lipinski definition) is 1. The number of nitrogens with zero attached hydrogens (tertiary/aromatic N) is 4. The maximum atomic E-state index is 12.9. The van der Waals surface area contributed by atoms with Gasteiger partial charge in [-0.05, 0) is 31.3 Å². The second-order valence-corrected chi connectivity index (χ2v) is 8.12. The number of aromatic nitrogens is 2. The average Bonchev–Trinajstić information content (AvgIpc) is 3.25. The van der Waals surface area contributed by atoms with E-state index in [-0.39, 0.29) is 5.69 Å². The zero-order chi connectivity index (χ0) is 22.0. The van der Waals surface area contributed by atoms with E-state index in [1.54, 1.807) is 12.3 Å².